The number of rotatable bonds is 7. The largest absolute Gasteiger partial charge is 0.489 e. The molecule has 3 heterocycles. The number of morpholine rings is 1. The highest BCUT2D eigenvalue weighted by atomic mass is 32.2. The number of esters is 1. The van der Waals surface area contributed by atoms with Crippen molar-refractivity contribution in [1.29, 1.82) is 5.26 Å². The summed E-state index contributed by atoms with van der Waals surface area (Å²) in [5, 5.41) is 9.88. The van der Waals surface area contributed by atoms with Crippen LogP contribution in [0.2, 0.25) is 0 Å². The third-order valence-corrected chi connectivity index (χ3v) is 5.11. The first-order valence-electron chi connectivity index (χ1n) is 9.07. The molecule has 0 radical (unpaired) electrons. The molecule has 1 aliphatic heterocycles. The third-order valence-electron chi connectivity index (χ3n) is 4.41. The average molecular weight is 414 g/mol. The van der Waals surface area contributed by atoms with E-state index >= 15 is 0 Å². The van der Waals surface area contributed by atoms with Crippen LogP contribution < -0.4 is 4.74 Å². The molecule has 0 aliphatic carbocycles. The fourth-order valence-corrected chi connectivity index (χ4v) is 3.52. The minimum Gasteiger partial charge on any atom is -0.489 e. The molecule has 1 unspecified atom stereocenters. The van der Waals surface area contributed by atoms with Gasteiger partial charge in [-0.05, 0) is 24.5 Å². The van der Waals surface area contributed by atoms with Gasteiger partial charge < -0.3 is 14.2 Å². The second kappa shape index (κ2) is 10.2. The minimum atomic E-state index is -0.456. The molecule has 0 bridgehead atoms. The Bertz CT molecular complexity index is 902. The summed E-state index contributed by atoms with van der Waals surface area (Å²) in [6.07, 6.45) is 4.80. The van der Waals surface area contributed by atoms with Gasteiger partial charge in [-0.25, -0.2) is 9.78 Å². The van der Waals surface area contributed by atoms with Gasteiger partial charge in [0.25, 0.3) is 0 Å². The predicted molar refractivity (Wildman–Crippen MR) is 107 cm³/mol. The SMILES string of the molecule is COC(=O)c1cncc(OCC2CN(Cc3ccc(C#N)c(SC)n3)CCO2)c1. The molecule has 1 aliphatic rings. The van der Waals surface area contributed by atoms with Crippen molar-refractivity contribution in [1.82, 2.24) is 14.9 Å². The molecule has 0 aromatic carbocycles. The van der Waals surface area contributed by atoms with Gasteiger partial charge in [-0.3, -0.25) is 9.88 Å². The summed E-state index contributed by atoms with van der Waals surface area (Å²) in [4.78, 5) is 22.4. The molecule has 0 N–H and O–H groups in total. The summed E-state index contributed by atoms with van der Waals surface area (Å²) >= 11 is 1.47. The molecule has 0 saturated carbocycles. The topological polar surface area (TPSA) is 97.6 Å². The number of methoxy groups -OCH3 is 1. The van der Waals surface area contributed by atoms with Gasteiger partial charge in [0.15, 0.2) is 0 Å². The maximum atomic E-state index is 11.6. The number of pyridine rings is 2. The second-order valence-electron chi connectivity index (χ2n) is 6.41. The lowest BCUT2D eigenvalue weighted by Gasteiger charge is -2.32. The Balaban J connectivity index is 1.56. The smallest absolute Gasteiger partial charge is 0.339 e. The molecule has 3 rings (SSSR count). The first-order chi connectivity index (χ1) is 14.1. The quantitative estimate of drug-likeness (QED) is 0.498. The van der Waals surface area contributed by atoms with Crippen LogP contribution >= 0.6 is 11.8 Å². The van der Waals surface area contributed by atoms with E-state index in [-0.39, 0.29) is 6.10 Å². The van der Waals surface area contributed by atoms with E-state index in [0.29, 0.717) is 43.2 Å². The van der Waals surface area contributed by atoms with E-state index in [1.54, 1.807) is 12.3 Å². The minimum absolute atomic E-state index is 0.107. The molecule has 1 atom stereocenters. The summed E-state index contributed by atoms with van der Waals surface area (Å²) in [7, 11) is 1.32. The van der Waals surface area contributed by atoms with Crippen molar-refractivity contribution in [2.45, 2.75) is 17.7 Å². The van der Waals surface area contributed by atoms with Crippen molar-refractivity contribution in [3.05, 3.63) is 47.4 Å². The predicted octanol–water partition coefficient (Wildman–Crippen LogP) is 2.14. The maximum absolute atomic E-state index is 11.6. The molecule has 9 heteroatoms. The van der Waals surface area contributed by atoms with Gasteiger partial charge in [-0.1, -0.05) is 0 Å². The van der Waals surface area contributed by atoms with Crippen LogP contribution in [0, 0.1) is 11.3 Å². The normalized spacial score (nSPS) is 16.8. The Morgan fingerprint density at radius 2 is 2.31 bits per heavy atom. The van der Waals surface area contributed by atoms with Crippen LogP contribution in [0.15, 0.2) is 35.6 Å². The highest BCUT2D eigenvalue weighted by Gasteiger charge is 2.22. The van der Waals surface area contributed by atoms with E-state index < -0.39 is 5.97 Å². The molecule has 0 spiro atoms. The van der Waals surface area contributed by atoms with Crippen molar-refractivity contribution in [3.8, 4) is 11.8 Å². The van der Waals surface area contributed by atoms with Crippen LogP contribution in [0.5, 0.6) is 5.75 Å². The summed E-state index contributed by atoms with van der Waals surface area (Å²) in [6.45, 7) is 3.12. The summed E-state index contributed by atoms with van der Waals surface area (Å²) < 4.78 is 16.3. The zero-order valence-electron chi connectivity index (χ0n) is 16.3. The average Bonchev–Trinajstić information content (AvgIpc) is 2.77. The molecule has 1 fully saturated rings. The van der Waals surface area contributed by atoms with Crippen molar-refractivity contribution >= 4 is 17.7 Å². The summed E-state index contributed by atoms with van der Waals surface area (Å²) in [5.41, 5.74) is 1.86. The van der Waals surface area contributed by atoms with Gasteiger partial charge >= 0.3 is 5.97 Å². The Morgan fingerprint density at radius 3 is 3.07 bits per heavy atom. The van der Waals surface area contributed by atoms with Crippen LogP contribution in [0.25, 0.3) is 0 Å². The number of ether oxygens (including phenoxy) is 3. The molecule has 2 aromatic heterocycles. The highest BCUT2D eigenvalue weighted by Crippen LogP contribution is 2.19. The molecule has 1 saturated heterocycles. The summed E-state index contributed by atoms with van der Waals surface area (Å²) in [6, 6.07) is 7.47. The fourth-order valence-electron chi connectivity index (χ4n) is 2.98. The van der Waals surface area contributed by atoms with Crippen LogP contribution in [0.1, 0.15) is 21.6 Å². The zero-order valence-corrected chi connectivity index (χ0v) is 17.1. The van der Waals surface area contributed by atoms with E-state index in [2.05, 4.69) is 20.9 Å². The van der Waals surface area contributed by atoms with E-state index in [4.69, 9.17) is 19.5 Å². The van der Waals surface area contributed by atoms with Crippen LogP contribution in [0.4, 0.5) is 0 Å². The van der Waals surface area contributed by atoms with E-state index in [1.165, 1.54) is 25.1 Å². The molecule has 29 heavy (non-hydrogen) atoms. The van der Waals surface area contributed by atoms with Crippen molar-refractivity contribution in [3.63, 3.8) is 0 Å². The van der Waals surface area contributed by atoms with Crippen molar-refractivity contribution in [2.75, 3.05) is 39.7 Å². The Kier molecular flexibility index (Phi) is 7.41. The fraction of sp³-hybridized carbons (Fsp3) is 0.400. The first kappa shape index (κ1) is 21.0. The Labute approximate surface area is 173 Å². The van der Waals surface area contributed by atoms with Gasteiger partial charge in [-0.15, -0.1) is 11.8 Å². The Morgan fingerprint density at radius 1 is 1.45 bits per heavy atom. The van der Waals surface area contributed by atoms with Gasteiger partial charge in [0.2, 0.25) is 0 Å². The second-order valence-corrected chi connectivity index (χ2v) is 7.21. The molecule has 152 valence electrons. The van der Waals surface area contributed by atoms with Gasteiger partial charge in [0.1, 0.15) is 29.6 Å². The van der Waals surface area contributed by atoms with Crippen LogP contribution in [0.3, 0.4) is 0 Å². The van der Waals surface area contributed by atoms with E-state index in [9.17, 15) is 4.79 Å². The van der Waals surface area contributed by atoms with Crippen molar-refractivity contribution in [2.24, 2.45) is 0 Å². The number of carbonyl (C=O) groups is 1. The maximum Gasteiger partial charge on any atom is 0.339 e. The van der Waals surface area contributed by atoms with Crippen molar-refractivity contribution < 1.29 is 19.0 Å². The molecular formula is C20H22N4O4S. The number of carbonyl (C=O) groups excluding carboxylic acids is 1. The van der Waals surface area contributed by atoms with Crippen LogP contribution in [-0.4, -0.2) is 66.6 Å². The number of thioether (sulfide) groups is 1. The standard InChI is InChI=1S/C20H22N4O4S/c1-26-20(25)15-7-17(10-22-9-15)28-13-18-12-24(5-6-27-18)11-16-4-3-14(8-21)19(23-16)29-2/h3-4,7,9-10,18H,5-6,11-13H2,1-2H3. The molecule has 8 nitrogen and oxygen atoms in total. The van der Waals surface area contributed by atoms with E-state index in [1.807, 2.05) is 18.4 Å². The van der Waals surface area contributed by atoms with Gasteiger partial charge in [0, 0.05) is 25.8 Å². The monoisotopic (exact) mass is 414 g/mol. The van der Waals surface area contributed by atoms with E-state index in [0.717, 1.165) is 17.3 Å². The number of nitriles is 1. The molecular weight excluding hydrogens is 392 g/mol. The lowest BCUT2D eigenvalue weighted by Crippen LogP contribution is -2.44. The zero-order chi connectivity index (χ0) is 20.6. The highest BCUT2D eigenvalue weighted by molar-refractivity contribution is 7.98. The van der Waals surface area contributed by atoms with Crippen LogP contribution in [-0.2, 0) is 16.0 Å². The number of aromatic nitrogens is 2. The lowest BCUT2D eigenvalue weighted by molar-refractivity contribution is -0.0508. The van der Waals surface area contributed by atoms with Gasteiger partial charge in [0.05, 0.1) is 36.7 Å². The third kappa shape index (κ3) is 5.67. The first-order valence-corrected chi connectivity index (χ1v) is 10.3. The number of hydrogen-bond donors (Lipinski definition) is 0. The lowest BCUT2D eigenvalue weighted by atomic mass is 10.2. The van der Waals surface area contributed by atoms with Gasteiger partial charge in [-0.2, -0.15) is 5.26 Å². The number of hydrogen-bond acceptors (Lipinski definition) is 9. The number of nitrogens with zero attached hydrogens (tertiary/aromatic N) is 4. The molecule has 0 amide bonds. The summed E-state index contributed by atoms with van der Waals surface area (Å²) in [5.74, 6) is 0.0366. The molecule has 2 aromatic rings. The Hall–Kier alpha value is -2.67.